The molecule has 0 saturated heterocycles. The third-order valence-electron chi connectivity index (χ3n) is 5.36. The SMILES string of the molecule is O=C1c2ccccc2C(=O)N1CCN(C(=O)c1cc([N+](=O)[O-])cc([N+](=O)[O-])c1)c1cccc(F)c1. The molecule has 0 aliphatic carbocycles. The predicted octanol–water partition coefficient (Wildman–Crippen LogP) is 3.59. The number of nitro groups is 2. The summed E-state index contributed by atoms with van der Waals surface area (Å²) in [6.07, 6.45) is 0. The zero-order valence-corrected chi connectivity index (χ0v) is 17.8. The number of carbonyl (C=O) groups excluding carboxylic acids is 3. The Morgan fingerprint density at radius 3 is 1.94 bits per heavy atom. The smallest absolute Gasteiger partial charge is 0.277 e. The number of benzene rings is 3. The van der Waals surface area contributed by atoms with Crippen LogP contribution in [-0.4, -0.2) is 45.6 Å². The molecule has 3 aromatic rings. The number of nitro benzene ring substituents is 2. The first kappa shape index (κ1) is 23.2. The minimum absolute atomic E-state index is 0.0285. The van der Waals surface area contributed by atoms with E-state index in [0.717, 1.165) is 34.1 Å². The fraction of sp³-hybridized carbons (Fsp3) is 0.0870. The highest BCUT2D eigenvalue weighted by molar-refractivity contribution is 6.21. The Labute approximate surface area is 196 Å². The van der Waals surface area contributed by atoms with E-state index in [9.17, 15) is 39.0 Å². The van der Waals surface area contributed by atoms with Crippen LogP contribution in [0.4, 0.5) is 21.5 Å². The maximum atomic E-state index is 13.9. The molecule has 0 bridgehead atoms. The highest BCUT2D eigenvalue weighted by Gasteiger charge is 2.35. The molecule has 0 atom stereocenters. The summed E-state index contributed by atoms with van der Waals surface area (Å²) >= 11 is 0. The van der Waals surface area contributed by atoms with Crippen molar-refractivity contribution in [3.8, 4) is 0 Å². The van der Waals surface area contributed by atoms with Crippen LogP contribution in [0.3, 0.4) is 0 Å². The Morgan fingerprint density at radius 1 is 0.857 bits per heavy atom. The van der Waals surface area contributed by atoms with Crippen molar-refractivity contribution in [2.45, 2.75) is 0 Å². The van der Waals surface area contributed by atoms with E-state index < -0.39 is 50.3 Å². The molecule has 11 nitrogen and oxygen atoms in total. The predicted molar refractivity (Wildman–Crippen MR) is 120 cm³/mol. The average Bonchev–Trinajstić information content (AvgIpc) is 3.08. The van der Waals surface area contributed by atoms with Crippen molar-refractivity contribution in [3.05, 3.63) is 109 Å². The molecular formula is C23H15FN4O7. The van der Waals surface area contributed by atoms with E-state index in [-0.39, 0.29) is 29.9 Å². The number of halogens is 1. The number of amides is 3. The fourth-order valence-corrected chi connectivity index (χ4v) is 3.72. The number of fused-ring (bicyclic) bond motifs is 1. The molecule has 1 aliphatic heterocycles. The summed E-state index contributed by atoms with van der Waals surface area (Å²) in [6, 6.07) is 13.5. The molecule has 3 amide bonds. The lowest BCUT2D eigenvalue weighted by Gasteiger charge is -2.25. The number of imide groups is 1. The third kappa shape index (κ3) is 4.44. The molecule has 176 valence electrons. The lowest BCUT2D eigenvalue weighted by atomic mass is 10.1. The van der Waals surface area contributed by atoms with Gasteiger partial charge < -0.3 is 4.90 Å². The summed E-state index contributed by atoms with van der Waals surface area (Å²) in [5.74, 6) is -2.74. The minimum atomic E-state index is -0.918. The van der Waals surface area contributed by atoms with Crippen LogP contribution < -0.4 is 4.90 Å². The first-order valence-corrected chi connectivity index (χ1v) is 10.1. The molecule has 0 aromatic heterocycles. The van der Waals surface area contributed by atoms with Gasteiger partial charge in [0.1, 0.15) is 5.82 Å². The summed E-state index contributed by atoms with van der Waals surface area (Å²) in [5.41, 5.74) is -1.31. The number of hydrogen-bond donors (Lipinski definition) is 0. The first-order chi connectivity index (χ1) is 16.7. The van der Waals surface area contributed by atoms with Crippen LogP contribution >= 0.6 is 0 Å². The molecule has 0 spiro atoms. The van der Waals surface area contributed by atoms with Crippen LogP contribution in [0.2, 0.25) is 0 Å². The van der Waals surface area contributed by atoms with Crippen molar-refractivity contribution >= 4 is 34.8 Å². The van der Waals surface area contributed by atoms with Gasteiger partial charge in [-0.1, -0.05) is 18.2 Å². The second-order valence-electron chi connectivity index (χ2n) is 7.50. The monoisotopic (exact) mass is 478 g/mol. The Kier molecular flexibility index (Phi) is 6.02. The third-order valence-corrected chi connectivity index (χ3v) is 5.36. The van der Waals surface area contributed by atoms with Crippen molar-refractivity contribution < 1.29 is 28.6 Å². The van der Waals surface area contributed by atoms with E-state index in [0.29, 0.717) is 6.07 Å². The fourth-order valence-electron chi connectivity index (χ4n) is 3.72. The second-order valence-corrected chi connectivity index (χ2v) is 7.50. The molecule has 4 rings (SSSR count). The number of carbonyl (C=O) groups is 3. The van der Waals surface area contributed by atoms with Gasteiger partial charge in [0.2, 0.25) is 0 Å². The van der Waals surface area contributed by atoms with Crippen LogP contribution in [0.5, 0.6) is 0 Å². The highest BCUT2D eigenvalue weighted by atomic mass is 19.1. The van der Waals surface area contributed by atoms with Crippen LogP contribution in [0.25, 0.3) is 0 Å². The summed E-state index contributed by atoms with van der Waals surface area (Å²) in [5, 5.41) is 22.5. The van der Waals surface area contributed by atoms with Gasteiger partial charge in [-0.15, -0.1) is 0 Å². The number of non-ortho nitro benzene ring substituents is 2. The lowest BCUT2D eigenvalue weighted by molar-refractivity contribution is -0.394. The number of nitrogens with zero attached hydrogens (tertiary/aromatic N) is 4. The van der Waals surface area contributed by atoms with Gasteiger partial charge in [0, 0.05) is 30.9 Å². The van der Waals surface area contributed by atoms with Crippen molar-refractivity contribution in [2.24, 2.45) is 0 Å². The van der Waals surface area contributed by atoms with E-state index in [2.05, 4.69) is 0 Å². The largest absolute Gasteiger partial charge is 0.306 e. The average molecular weight is 478 g/mol. The van der Waals surface area contributed by atoms with Crippen molar-refractivity contribution in [3.63, 3.8) is 0 Å². The molecule has 0 fully saturated rings. The van der Waals surface area contributed by atoms with Crippen molar-refractivity contribution in [1.82, 2.24) is 4.90 Å². The second kappa shape index (κ2) is 9.09. The zero-order valence-electron chi connectivity index (χ0n) is 17.8. The number of rotatable bonds is 7. The Morgan fingerprint density at radius 2 is 1.43 bits per heavy atom. The molecule has 1 heterocycles. The summed E-state index contributed by atoms with van der Waals surface area (Å²) < 4.78 is 13.9. The summed E-state index contributed by atoms with van der Waals surface area (Å²) in [6.45, 7) is -0.574. The standard InChI is InChI=1S/C23H15FN4O7/c24-15-4-3-5-16(12-15)25(8-9-26-22(30)19-6-1-2-7-20(19)23(26)31)21(29)14-10-17(27(32)33)13-18(11-14)28(34)35/h1-7,10-13H,8-9H2. The quantitative estimate of drug-likeness (QED) is 0.287. The molecular weight excluding hydrogens is 463 g/mol. The molecule has 0 unspecified atom stereocenters. The molecule has 35 heavy (non-hydrogen) atoms. The van der Waals surface area contributed by atoms with E-state index in [1.54, 1.807) is 12.1 Å². The molecule has 3 aromatic carbocycles. The minimum Gasteiger partial charge on any atom is -0.306 e. The van der Waals surface area contributed by atoms with Gasteiger partial charge in [0.25, 0.3) is 29.1 Å². The van der Waals surface area contributed by atoms with Gasteiger partial charge in [-0.3, -0.25) is 39.5 Å². The maximum absolute atomic E-state index is 13.9. The summed E-state index contributed by atoms with van der Waals surface area (Å²) in [7, 11) is 0. The first-order valence-electron chi connectivity index (χ1n) is 10.1. The van der Waals surface area contributed by atoms with Crippen molar-refractivity contribution in [2.75, 3.05) is 18.0 Å². The Bertz CT molecular complexity index is 1340. The van der Waals surface area contributed by atoms with Gasteiger partial charge in [-0.2, -0.15) is 0 Å². The van der Waals surface area contributed by atoms with E-state index in [1.165, 1.54) is 24.3 Å². The normalized spacial score (nSPS) is 12.4. The van der Waals surface area contributed by atoms with Crippen molar-refractivity contribution in [1.29, 1.82) is 0 Å². The van der Waals surface area contributed by atoms with Crippen LogP contribution in [0, 0.1) is 26.0 Å². The van der Waals surface area contributed by atoms with Gasteiger partial charge in [0.15, 0.2) is 0 Å². The lowest BCUT2D eigenvalue weighted by Crippen LogP contribution is -2.41. The topological polar surface area (TPSA) is 144 Å². The van der Waals surface area contributed by atoms with E-state index in [4.69, 9.17) is 0 Å². The maximum Gasteiger partial charge on any atom is 0.277 e. The zero-order chi connectivity index (χ0) is 25.3. The number of anilines is 1. The highest BCUT2D eigenvalue weighted by Crippen LogP contribution is 2.27. The Hall–Kier alpha value is -5.00. The van der Waals surface area contributed by atoms with Gasteiger partial charge in [-0.05, 0) is 30.3 Å². The molecule has 12 heteroatoms. The number of hydrogen-bond acceptors (Lipinski definition) is 7. The van der Waals surface area contributed by atoms with E-state index in [1.807, 2.05) is 0 Å². The van der Waals surface area contributed by atoms with Crippen LogP contribution in [0.1, 0.15) is 31.1 Å². The molecule has 0 saturated carbocycles. The van der Waals surface area contributed by atoms with Crippen LogP contribution in [-0.2, 0) is 0 Å². The molecule has 0 radical (unpaired) electrons. The Balaban J connectivity index is 1.69. The van der Waals surface area contributed by atoms with E-state index >= 15 is 0 Å². The molecule has 0 N–H and O–H groups in total. The van der Waals surface area contributed by atoms with Gasteiger partial charge in [-0.25, -0.2) is 4.39 Å². The van der Waals surface area contributed by atoms with Crippen LogP contribution in [0.15, 0.2) is 66.7 Å². The van der Waals surface area contributed by atoms with Gasteiger partial charge in [0.05, 0.1) is 32.6 Å². The molecule has 1 aliphatic rings. The summed E-state index contributed by atoms with van der Waals surface area (Å²) in [4.78, 5) is 61.4. The van der Waals surface area contributed by atoms with Gasteiger partial charge >= 0.3 is 0 Å².